The molecular formula is C24H39BrN2O. The Hall–Kier alpha value is -0.420. The third-order valence-electron chi connectivity index (χ3n) is 7.25. The van der Waals surface area contributed by atoms with Gasteiger partial charge in [0.15, 0.2) is 0 Å². The van der Waals surface area contributed by atoms with Gasteiger partial charge in [0, 0.05) is 43.1 Å². The summed E-state index contributed by atoms with van der Waals surface area (Å²) in [4.78, 5) is 4.97. The Morgan fingerprint density at radius 1 is 1.14 bits per heavy atom. The lowest BCUT2D eigenvalue weighted by atomic mass is 9.74. The van der Waals surface area contributed by atoms with E-state index < -0.39 is 5.60 Å². The predicted octanol–water partition coefficient (Wildman–Crippen LogP) is 5.14. The van der Waals surface area contributed by atoms with Crippen molar-refractivity contribution in [3.05, 3.63) is 34.3 Å². The maximum Gasteiger partial charge on any atom is 0.0728 e. The monoisotopic (exact) mass is 450 g/mol. The summed E-state index contributed by atoms with van der Waals surface area (Å²) >= 11 is 3.65. The summed E-state index contributed by atoms with van der Waals surface area (Å²) in [6, 6.07) is 8.65. The van der Waals surface area contributed by atoms with E-state index in [2.05, 4.69) is 77.8 Å². The number of rotatable bonds is 4. The quantitative estimate of drug-likeness (QED) is 0.643. The van der Waals surface area contributed by atoms with Crippen LogP contribution in [0.5, 0.6) is 0 Å². The number of hydrogen-bond donors (Lipinski definition) is 1. The highest BCUT2D eigenvalue weighted by atomic mass is 79.9. The molecule has 1 saturated carbocycles. The van der Waals surface area contributed by atoms with E-state index in [0.717, 1.165) is 62.9 Å². The Kier molecular flexibility index (Phi) is 7.28. The van der Waals surface area contributed by atoms with Crippen LogP contribution in [-0.4, -0.2) is 60.3 Å². The molecule has 1 heterocycles. The van der Waals surface area contributed by atoms with Crippen LogP contribution in [0.1, 0.15) is 64.4 Å². The van der Waals surface area contributed by atoms with Crippen molar-refractivity contribution in [3.63, 3.8) is 0 Å². The third-order valence-corrected chi connectivity index (χ3v) is 7.74. The second kappa shape index (κ2) is 9.16. The van der Waals surface area contributed by atoms with Crippen LogP contribution in [0.4, 0.5) is 0 Å². The summed E-state index contributed by atoms with van der Waals surface area (Å²) in [5.41, 5.74) is 1.00. The summed E-state index contributed by atoms with van der Waals surface area (Å²) in [6.07, 6.45) is 5.34. The van der Waals surface area contributed by atoms with Crippen LogP contribution in [0.15, 0.2) is 28.7 Å². The van der Waals surface area contributed by atoms with Gasteiger partial charge in [-0.25, -0.2) is 0 Å². The summed E-state index contributed by atoms with van der Waals surface area (Å²) in [5.74, 6) is 0.875. The van der Waals surface area contributed by atoms with E-state index in [1.165, 1.54) is 12.0 Å². The fourth-order valence-corrected chi connectivity index (χ4v) is 5.58. The Morgan fingerprint density at radius 3 is 2.50 bits per heavy atom. The van der Waals surface area contributed by atoms with E-state index in [1.54, 1.807) is 0 Å². The molecule has 158 valence electrons. The molecule has 3 nitrogen and oxygen atoms in total. The largest absolute Gasteiger partial charge is 0.389 e. The number of piperazine rings is 1. The molecule has 0 radical (unpaired) electrons. The highest BCUT2D eigenvalue weighted by Crippen LogP contribution is 2.45. The Bertz CT molecular complexity index is 636. The second-order valence-corrected chi connectivity index (χ2v) is 11.2. The van der Waals surface area contributed by atoms with Gasteiger partial charge in [-0.2, -0.15) is 0 Å². The van der Waals surface area contributed by atoms with Crippen LogP contribution in [0.2, 0.25) is 0 Å². The van der Waals surface area contributed by atoms with E-state index in [1.807, 2.05) is 0 Å². The average Bonchev–Trinajstić information content (AvgIpc) is 2.83. The maximum atomic E-state index is 12.0. The first-order chi connectivity index (χ1) is 13.2. The van der Waals surface area contributed by atoms with Crippen LogP contribution in [0.3, 0.4) is 0 Å². The fraction of sp³-hybridized carbons (Fsp3) is 0.750. The smallest absolute Gasteiger partial charge is 0.0728 e. The van der Waals surface area contributed by atoms with Crippen LogP contribution < -0.4 is 0 Å². The van der Waals surface area contributed by atoms with Crippen molar-refractivity contribution in [2.75, 3.05) is 39.8 Å². The van der Waals surface area contributed by atoms with E-state index >= 15 is 0 Å². The first-order valence-electron chi connectivity index (χ1n) is 11.1. The normalized spacial score (nSPS) is 29.4. The molecule has 3 rings (SSSR count). The topological polar surface area (TPSA) is 26.7 Å². The highest BCUT2D eigenvalue weighted by molar-refractivity contribution is 9.10. The minimum Gasteiger partial charge on any atom is -0.389 e. The Labute approximate surface area is 180 Å². The maximum absolute atomic E-state index is 12.0. The van der Waals surface area contributed by atoms with Crippen molar-refractivity contribution in [2.45, 2.75) is 64.4 Å². The van der Waals surface area contributed by atoms with Crippen LogP contribution in [0, 0.1) is 11.3 Å². The highest BCUT2D eigenvalue weighted by Gasteiger charge is 2.42. The third kappa shape index (κ3) is 5.59. The van der Waals surface area contributed by atoms with Gasteiger partial charge in [-0.05, 0) is 61.8 Å². The number of halogens is 1. The summed E-state index contributed by atoms with van der Waals surface area (Å²) < 4.78 is 1.11. The number of likely N-dealkylation sites (N-methyl/N-ethyl adjacent to an activating group) is 1. The molecule has 2 aliphatic rings. The van der Waals surface area contributed by atoms with Gasteiger partial charge in [0.05, 0.1) is 5.60 Å². The average molecular weight is 451 g/mol. The van der Waals surface area contributed by atoms with Crippen LogP contribution >= 0.6 is 15.9 Å². The number of hydrogen-bond acceptors (Lipinski definition) is 3. The van der Waals surface area contributed by atoms with Gasteiger partial charge in [0.1, 0.15) is 0 Å². The van der Waals surface area contributed by atoms with E-state index in [-0.39, 0.29) is 5.92 Å². The lowest BCUT2D eigenvalue weighted by molar-refractivity contribution is -0.0189. The molecule has 3 atom stereocenters. The molecular weight excluding hydrogens is 412 g/mol. The number of nitrogens with zero attached hydrogens (tertiary/aromatic N) is 2. The fourth-order valence-electron chi connectivity index (χ4n) is 5.16. The molecule has 1 aromatic rings. The van der Waals surface area contributed by atoms with Gasteiger partial charge >= 0.3 is 0 Å². The second-order valence-electron chi connectivity index (χ2n) is 10.3. The van der Waals surface area contributed by atoms with Crippen molar-refractivity contribution in [2.24, 2.45) is 11.3 Å². The van der Waals surface area contributed by atoms with Crippen LogP contribution in [0.25, 0.3) is 0 Å². The predicted molar refractivity (Wildman–Crippen MR) is 122 cm³/mol. The number of aliphatic hydroxyl groups is 1. The SMILES string of the molecule is CN1CCN(CC(c2cccc(Br)c2)C2(O)CCCC(C(C)(C)C)CC2)CC1. The van der Waals surface area contributed by atoms with Crippen molar-refractivity contribution >= 4 is 15.9 Å². The molecule has 28 heavy (non-hydrogen) atoms. The minimum absolute atomic E-state index is 0.173. The zero-order valence-corrected chi connectivity index (χ0v) is 19.8. The standard InChI is InChI=1S/C24H39BrN2O/c1-23(2,3)20-8-6-11-24(28,12-10-20)22(19-7-5-9-21(25)17-19)18-27-15-13-26(4)14-16-27/h5,7,9,17,20,22,28H,6,8,10-16,18H2,1-4H3. The van der Waals surface area contributed by atoms with Gasteiger partial charge in [-0.15, -0.1) is 0 Å². The first-order valence-corrected chi connectivity index (χ1v) is 11.9. The van der Waals surface area contributed by atoms with Gasteiger partial charge in [0.25, 0.3) is 0 Å². The molecule has 0 amide bonds. The molecule has 0 bridgehead atoms. The van der Waals surface area contributed by atoms with Crippen LogP contribution in [-0.2, 0) is 0 Å². The lowest BCUT2D eigenvalue weighted by Gasteiger charge is -2.41. The van der Waals surface area contributed by atoms with Crippen molar-refractivity contribution in [1.82, 2.24) is 9.80 Å². The molecule has 1 aliphatic heterocycles. The van der Waals surface area contributed by atoms with Crippen molar-refractivity contribution in [3.8, 4) is 0 Å². The molecule has 1 saturated heterocycles. The zero-order valence-electron chi connectivity index (χ0n) is 18.3. The van der Waals surface area contributed by atoms with Gasteiger partial charge in [-0.3, -0.25) is 0 Å². The molecule has 0 spiro atoms. The Morgan fingerprint density at radius 2 is 1.86 bits per heavy atom. The molecule has 3 unspecified atom stereocenters. The van der Waals surface area contributed by atoms with Gasteiger partial charge in [-0.1, -0.05) is 55.3 Å². The zero-order chi connectivity index (χ0) is 20.4. The van der Waals surface area contributed by atoms with E-state index in [9.17, 15) is 5.11 Å². The molecule has 2 fully saturated rings. The number of benzene rings is 1. The van der Waals surface area contributed by atoms with Gasteiger partial charge in [0.2, 0.25) is 0 Å². The first kappa shape index (κ1) is 22.3. The molecule has 1 N–H and O–H groups in total. The lowest BCUT2D eigenvalue weighted by Crippen LogP contribution is -2.49. The summed E-state index contributed by atoms with van der Waals surface area (Å²) in [6.45, 7) is 12.5. The van der Waals surface area contributed by atoms with Crippen molar-refractivity contribution in [1.29, 1.82) is 0 Å². The summed E-state index contributed by atoms with van der Waals surface area (Å²) in [7, 11) is 2.20. The molecule has 4 heteroatoms. The molecule has 1 aromatic carbocycles. The molecule has 0 aromatic heterocycles. The van der Waals surface area contributed by atoms with Crippen molar-refractivity contribution < 1.29 is 5.11 Å². The van der Waals surface area contributed by atoms with E-state index in [4.69, 9.17) is 0 Å². The Balaban J connectivity index is 1.83. The van der Waals surface area contributed by atoms with E-state index in [0.29, 0.717) is 11.3 Å². The minimum atomic E-state index is -0.607. The summed E-state index contributed by atoms with van der Waals surface area (Å²) in [5, 5.41) is 12.0. The van der Waals surface area contributed by atoms with Gasteiger partial charge < -0.3 is 14.9 Å². The molecule has 1 aliphatic carbocycles.